The van der Waals surface area contributed by atoms with Gasteiger partial charge in [-0.25, -0.2) is 15.6 Å². The number of nitrogens with two attached hydrogens (primary N) is 1. The van der Waals surface area contributed by atoms with Gasteiger partial charge in [0.1, 0.15) is 11.0 Å². The molecule has 0 spiro atoms. The van der Waals surface area contributed by atoms with Crippen LogP contribution in [0.25, 0.3) is 49.3 Å². The molecule has 5 aromatic carbocycles. The fourth-order valence-corrected chi connectivity index (χ4v) is 7.28. The molecule has 0 bridgehead atoms. The molecule has 1 aliphatic heterocycles. The molecule has 0 amide bonds. The van der Waals surface area contributed by atoms with E-state index in [4.69, 9.17) is 0 Å². The van der Waals surface area contributed by atoms with Crippen LogP contribution in [0.15, 0.2) is 140 Å². The lowest BCUT2D eigenvalue weighted by Gasteiger charge is -2.25. The standard InChI is InChI=1S/C39H31N5/c1-4-14-26(15-5-1)37-40-38(27-16-6-2-7-17-27)42-39(41-37)44-33-23-13-11-21-31(33)35-34(44)25-24-30-29-20-10-12-22-32(29)43(36(30)35)28-18-8-3-9-19-28/h1-8,10-18,20-25,37-38,40H,9,19H2,(H,41,42)/p+2. The van der Waals surface area contributed by atoms with Crippen LogP contribution in [-0.4, -0.2) is 15.1 Å². The van der Waals surface area contributed by atoms with E-state index in [1.54, 1.807) is 0 Å². The number of nitrogens with zero attached hydrogens (tertiary/aromatic N) is 2. The Labute approximate surface area is 255 Å². The number of fused-ring (bicyclic) bond motifs is 7. The Balaban J connectivity index is 1.35. The minimum atomic E-state index is -0.0491. The molecular formula is C39H33N5+2. The van der Waals surface area contributed by atoms with Gasteiger partial charge in [0.2, 0.25) is 0 Å². The number of quaternary nitrogens is 1. The summed E-state index contributed by atoms with van der Waals surface area (Å²) in [5.74, 6) is 1.08. The molecule has 3 heterocycles. The zero-order valence-electron chi connectivity index (χ0n) is 24.3. The molecule has 212 valence electrons. The zero-order valence-corrected chi connectivity index (χ0v) is 24.3. The predicted octanol–water partition coefficient (Wildman–Crippen LogP) is 5.94. The summed E-state index contributed by atoms with van der Waals surface area (Å²) in [5, 5.41) is 11.3. The van der Waals surface area contributed by atoms with Crippen LogP contribution in [0.3, 0.4) is 0 Å². The van der Waals surface area contributed by atoms with Crippen LogP contribution in [0, 0.1) is 0 Å². The highest BCUT2D eigenvalue weighted by molar-refractivity contribution is 6.27. The van der Waals surface area contributed by atoms with Gasteiger partial charge >= 0.3 is 5.96 Å². The second kappa shape index (κ2) is 10.2. The van der Waals surface area contributed by atoms with Gasteiger partial charge in [0, 0.05) is 33.0 Å². The van der Waals surface area contributed by atoms with Crippen LogP contribution in [0.1, 0.15) is 36.3 Å². The van der Waals surface area contributed by atoms with E-state index in [0.29, 0.717) is 0 Å². The van der Waals surface area contributed by atoms with Crippen molar-refractivity contribution in [2.75, 3.05) is 0 Å². The summed E-state index contributed by atoms with van der Waals surface area (Å²) in [4.78, 5) is 3.89. The van der Waals surface area contributed by atoms with Crippen molar-refractivity contribution in [3.05, 3.63) is 151 Å². The van der Waals surface area contributed by atoms with Crippen LogP contribution in [0.5, 0.6) is 0 Å². The number of hydrogen-bond donors (Lipinski definition) is 3. The van der Waals surface area contributed by atoms with Gasteiger partial charge in [0.25, 0.3) is 0 Å². The molecule has 44 heavy (non-hydrogen) atoms. The van der Waals surface area contributed by atoms with Gasteiger partial charge in [-0.1, -0.05) is 103 Å². The quantitative estimate of drug-likeness (QED) is 0.242. The van der Waals surface area contributed by atoms with Gasteiger partial charge in [0.05, 0.1) is 16.4 Å². The Hall–Kier alpha value is -5.23. The zero-order chi connectivity index (χ0) is 29.0. The summed E-state index contributed by atoms with van der Waals surface area (Å²) < 4.78 is 4.96. The van der Waals surface area contributed by atoms with E-state index in [0.717, 1.165) is 18.8 Å². The van der Waals surface area contributed by atoms with Crippen LogP contribution in [0.4, 0.5) is 0 Å². The number of nitrogen functional groups attached to an aromatic ring is 1. The van der Waals surface area contributed by atoms with E-state index >= 15 is 0 Å². The topological polar surface area (TPSA) is 52.5 Å². The van der Waals surface area contributed by atoms with Gasteiger partial charge in [-0.05, 0) is 49.2 Å². The molecule has 2 atom stereocenters. The van der Waals surface area contributed by atoms with Crippen molar-refractivity contribution >= 4 is 55.3 Å². The molecule has 0 fully saturated rings. The summed E-state index contributed by atoms with van der Waals surface area (Å²) in [6.45, 7) is 0. The molecule has 0 radical (unpaired) electrons. The van der Waals surface area contributed by atoms with Gasteiger partial charge in [0.15, 0.2) is 12.3 Å². The number of hydrogen-bond acceptors (Lipinski definition) is 1. The van der Waals surface area contributed by atoms with Crippen molar-refractivity contribution < 1.29 is 10.3 Å². The largest absolute Gasteiger partial charge is 0.454 e. The van der Waals surface area contributed by atoms with E-state index in [-0.39, 0.29) is 12.3 Å². The van der Waals surface area contributed by atoms with Crippen LogP contribution in [-0.2, 0) is 0 Å². The summed E-state index contributed by atoms with van der Waals surface area (Å²) in [5.41, 5.74) is 8.75. The second-order valence-electron chi connectivity index (χ2n) is 11.8. The number of para-hydroxylation sites is 2. The maximum atomic E-state index is 3.89. The fraction of sp³-hybridized carbons (Fsp3) is 0.103. The third kappa shape index (κ3) is 3.90. The first-order valence-electron chi connectivity index (χ1n) is 15.5. The van der Waals surface area contributed by atoms with Gasteiger partial charge in [-0.3, -0.25) is 0 Å². The Morgan fingerprint density at radius 1 is 0.636 bits per heavy atom. The molecule has 1 aliphatic carbocycles. The summed E-state index contributed by atoms with van der Waals surface area (Å²) in [7, 11) is 0. The highest BCUT2D eigenvalue weighted by atomic mass is 15.4. The minimum Gasteiger partial charge on any atom is -0.312 e. The molecule has 0 saturated heterocycles. The molecular weight excluding hydrogens is 538 g/mol. The average molecular weight is 572 g/mol. The summed E-state index contributed by atoms with van der Waals surface area (Å²) >= 11 is 0. The molecule has 2 aromatic heterocycles. The van der Waals surface area contributed by atoms with E-state index in [9.17, 15) is 0 Å². The van der Waals surface area contributed by atoms with E-state index in [1.165, 1.54) is 60.4 Å². The van der Waals surface area contributed by atoms with E-state index in [1.807, 2.05) is 0 Å². The average Bonchev–Trinajstić information content (AvgIpc) is 3.62. The number of nitrogens with one attached hydrogen (secondary N) is 2. The highest BCUT2D eigenvalue weighted by Gasteiger charge is 2.36. The van der Waals surface area contributed by atoms with Crippen LogP contribution >= 0.6 is 0 Å². The summed E-state index contributed by atoms with van der Waals surface area (Å²) in [6.07, 6.45) is 8.84. The number of benzene rings is 5. The van der Waals surface area contributed by atoms with Crippen molar-refractivity contribution in [3.63, 3.8) is 0 Å². The molecule has 5 nitrogen and oxygen atoms in total. The fourth-order valence-electron chi connectivity index (χ4n) is 7.28. The number of rotatable bonds is 3. The number of allylic oxidation sites excluding steroid dienone is 4. The van der Waals surface area contributed by atoms with Crippen molar-refractivity contribution in [2.45, 2.75) is 25.2 Å². The van der Waals surface area contributed by atoms with Crippen LogP contribution < -0.4 is 15.6 Å². The molecule has 4 N–H and O–H groups in total. The molecule has 0 saturated carbocycles. The molecule has 2 unspecified atom stereocenters. The first kappa shape index (κ1) is 25.3. The van der Waals surface area contributed by atoms with Crippen molar-refractivity contribution in [3.8, 4) is 0 Å². The minimum absolute atomic E-state index is 0.0447. The molecule has 9 rings (SSSR count). The third-order valence-corrected chi connectivity index (χ3v) is 9.24. The lowest BCUT2D eigenvalue weighted by Crippen LogP contribution is -3.08. The van der Waals surface area contributed by atoms with E-state index < -0.39 is 0 Å². The molecule has 5 heteroatoms. The lowest BCUT2D eigenvalue weighted by molar-refractivity contribution is -0.706. The summed E-state index contributed by atoms with van der Waals surface area (Å²) in [6, 6.07) is 43.8. The maximum absolute atomic E-state index is 3.89. The van der Waals surface area contributed by atoms with Gasteiger partial charge in [-0.15, -0.1) is 4.57 Å². The normalized spacial score (nSPS) is 18.7. The molecule has 7 aromatic rings. The highest BCUT2D eigenvalue weighted by Crippen LogP contribution is 2.41. The SMILES string of the molecule is C1=CCCC(n2c3ccccc3c3ccc4c(c5ccccc5n4C4=[NH+]C(c5ccccc5)NC(c5ccccc5)[NH2+]4)c32)=C1. The predicted molar refractivity (Wildman–Crippen MR) is 180 cm³/mol. The Bertz CT molecular complexity index is 2290. The van der Waals surface area contributed by atoms with Crippen molar-refractivity contribution in [1.29, 1.82) is 0 Å². The van der Waals surface area contributed by atoms with Crippen molar-refractivity contribution in [2.24, 2.45) is 0 Å². The van der Waals surface area contributed by atoms with Gasteiger partial charge < -0.3 is 4.57 Å². The number of aromatic nitrogens is 2. The second-order valence-corrected chi connectivity index (χ2v) is 11.8. The third-order valence-electron chi connectivity index (χ3n) is 9.24. The Kier molecular flexibility index (Phi) is 5.86. The van der Waals surface area contributed by atoms with Crippen molar-refractivity contribution in [1.82, 2.24) is 14.5 Å². The van der Waals surface area contributed by atoms with E-state index in [2.05, 4.69) is 164 Å². The Morgan fingerprint density at radius 2 is 1.32 bits per heavy atom. The maximum Gasteiger partial charge on any atom is 0.454 e. The lowest BCUT2D eigenvalue weighted by atomic mass is 10.1. The van der Waals surface area contributed by atoms with Gasteiger partial charge in [-0.2, -0.15) is 0 Å². The monoisotopic (exact) mass is 571 g/mol. The van der Waals surface area contributed by atoms with Crippen LogP contribution in [0.2, 0.25) is 0 Å². The Morgan fingerprint density at radius 3 is 2.07 bits per heavy atom. The smallest absolute Gasteiger partial charge is 0.312 e. The first-order valence-corrected chi connectivity index (χ1v) is 15.5. The molecule has 2 aliphatic rings. The first-order chi connectivity index (χ1) is 21.8.